The Morgan fingerprint density at radius 3 is 2.55 bits per heavy atom. The van der Waals surface area contributed by atoms with Crippen LogP contribution in [0.1, 0.15) is 38.1 Å². The predicted octanol–water partition coefficient (Wildman–Crippen LogP) is 2.64. The molecule has 0 aliphatic carbocycles. The molecule has 0 saturated carbocycles. The number of nitrogens with two attached hydrogens (primary N) is 1. The summed E-state index contributed by atoms with van der Waals surface area (Å²) in [6.07, 6.45) is 0. The van der Waals surface area contributed by atoms with Gasteiger partial charge in [0, 0.05) is 0 Å². The van der Waals surface area contributed by atoms with Crippen molar-refractivity contribution in [2.24, 2.45) is 0 Å². The van der Waals surface area contributed by atoms with Crippen molar-refractivity contribution in [3.63, 3.8) is 0 Å². The topological polar surface area (TPSA) is 70.8 Å². The SMILES string of the molecule is CCOC(=O)c1cccc(N)c1OCCOC(C)(C)C. The quantitative estimate of drug-likeness (QED) is 0.493. The van der Waals surface area contributed by atoms with Crippen molar-refractivity contribution in [1.82, 2.24) is 0 Å². The molecule has 0 fully saturated rings. The number of hydrogen-bond donors (Lipinski definition) is 1. The van der Waals surface area contributed by atoms with Gasteiger partial charge in [0.05, 0.1) is 24.5 Å². The molecule has 0 spiro atoms. The highest BCUT2D eigenvalue weighted by molar-refractivity contribution is 5.94. The maximum atomic E-state index is 11.8. The Kier molecular flexibility index (Phi) is 5.82. The summed E-state index contributed by atoms with van der Waals surface area (Å²) in [5.41, 5.74) is 6.37. The molecule has 0 radical (unpaired) electrons. The van der Waals surface area contributed by atoms with Gasteiger partial charge in [-0.3, -0.25) is 0 Å². The van der Waals surface area contributed by atoms with Gasteiger partial charge in [-0.15, -0.1) is 0 Å². The van der Waals surface area contributed by atoms with Gasteiger partial charge in [-0.1, -0.05) is 6.07 Å². The van der Waals surface area contributed by atoms with E-state index in [1.165, 1.54) is 0 Å². The minimum atomic E-state index is -0.438. The molecule has 2 N–H and O–H groups in total. The summed E-state index contributed by atoms with van der Waals surface area (Å²) in [5.74, 6) is -0.0880. The average Bonchev–Trinajstić information content (AvgIpc) is 2.35. The summed E-state index contributed by atoms with van der Waals surface area (Å²) in [7, 11) is 0. The predicted molar refractivity (Wildman–Crippen MR) is 78.0 cm³/mol. The van der Waals surface area contributed by atoms with E-state index in [0.29, 0.717) is 36.8 Å². The third kappa shape index (κ3) is 5.09. The van der Waals surface area contributed by atoms with E-state index >= 15 is 0 Å². The number of hydrogen-bond acceptors (Lipinski definition) is 5. The summed E-state index contributed by atoms with van der Waals surface area (Å²) in [6, 6.07) is 5.01. The van der Waals surface area contributed by atoms with Gasteiger partial charge in [0.1, 0.15) is 12.2 Å². The lowest BCUT2D eigenvalue weighted by Gasteiger charge is -2.20. The fourth-order valence-electron chi connectivity index (χ4n) is 1.58. The highest BCUT2D eigenvalue weighted by atomic mass is 16.5. The fourth-order valence-corrected chi connectivity index (χ4v) is 1.58. The molecule has 0 aromatic heterocycles. The van der Waals surface area contributed by atoms with Crippen LogP contribution in [0.5, 0.6) is 5.75 Å². The van der Waals surface area contributed by atoms with Crippen LogP contribution in [0.15, 0.2) is 18.2 Å². The normalized spacial score (nSPS) is 11.2. The van der Waals surface area contributed by atoms with Crippen LogP contribution in [-0.4, -0.2) is 31.4 Å². The second kappa shape index (κ2) is 7.14. The van der Waals surface area contributed by atoms with Crippen molar-refractivity contribution >= 4 is 11.7 Å². The van der Waals surface area contributed by atoms with Gasteiger partial charge >= 0.3 is 5.97 Å². The first kappa shape index (κ1) is 16.3. The molecule has 1 aromatic rings. The Morgan fingerprint density at radius 1 is 1.25 bits per heavy atom. The third-order valence-electron chi connectivity index (χ3n) is 2.41. The van der Waals surface area contributed by atoms with Crippen molar-refractivity contribution < 1.29 is 19.0 Å². The molecule has 0 bridgehead atoms. The molecule has 0 aliphatic rings. The average molecular weight is 281 g/mol. The third-order valence-corrected chi connectivity index (χ3v) is 2.41. The Labute approximate surface area is 120 Å². The highest BCUT2D eigenvalue weighted by Gasteiger charge is 2.16. The molecule has 5 heteroatoms. The number of para-hydroxylation sites is 1. The number of nitrogen functional groups attached to an aromatic ring is 1. The van der Waals surface area contributed by atoms with Crippen molar-refractivity contribution in [3.05, 3.63) is 23.8 Å². The molecular weight excluding hydrogens is 258 g/mol. The summed E-state index contributed by atoms with van der Waals surface area (Å²) in [5, 5.41) is 0. The van der Waals surface area contributed by atoms with Crippen LogP contribution in [0.25, 0.3) is 0 Å². The van der Waals surface area contributed by atoms with Crippen LogP contribution >= 0.6 is 0 Å². The van der Waals surface area contributed by atoms with Crippen molar-refractivity contribution in [2.75, 3.05) is 25.6 Å². The zero-order valence-corrected chi connectivity index (χ0v) is 12.6. The lowest BCUT2D eigenvalue weighted by molar-refractivity contribution is -0.0164. The summed E-state index contributed by atoms with van der Waals surface area (Å²) >= 11 is 0. The van der Waals surface area contributed by atoms with Gasteiger partial charge in [0.2, 0.25) is 0 Å². The van der Waals surface area contributed by atoms with Crippen molar-refractivity contribution in [1.29, 1.82) is 0 Å². The van der Waals surface area contributed by atoms with E-state index < -0.39 is 5.97 Å². The molecule has 0 amide bonds. The number of anilines is 1. The van der Waals surface area contributed by atoms with E-state index in [4.69, 9.17) is 19.9 Å². The summed E-state index contributed by atoms with van der Waals surface area (Å²) in [4.78, 5) is 11.8. The Bertz CT molecular complexity index is 452. The molecule has 0 atom stereocenters. The zero-order valence-electron chi connectivity index (χ0n) is 12.6. The van der Waals surface area contributed by atoms with E-state index in [1.54, 1.807) is 25.1 Å². The maximum Gasteiger partial charge on any atom is 0.341 e. The zero-order chi connectivity index (χ0) is 15.2. The Balaban J connectivity index is 2.71. The van der Waals surface area contributed by atoms with Gasteiger partial charge in [-0.05, 0) is 39.8 Å². The van der Waals surface area contributed by atoms with Crippen LogP contribution in [0.2, 0.25) is 0 Å². The second-order valence-electron chi connectivity index (χ2n) is 5.25. The Morgan fingerprint density at radius 2 is 1.95 bits per heavy atom. The number of esters is 1. The minimum absolute atomic E-state index is 0.227. The van der Waals surface area contributed by atoms with E-state index in [1.807, 2.05) is 20.8 Å². The number of ether oxygens (including phenoxy) is 3. The highest BCUT2D eigenvalue weighted by Crippen LogP contribution is 2.27. The van der Waals surface area contributed by atoms with Crippen LogP contribution in [-0.2, 0) is 9.47 Å². The molecule has 112 valence electrons. The van der Waals surface area contributed by atoms with Gasteiger partial charge in [0.15, 0.2) is 5.75 Å². The molecule has 20 heavy (non-hydrogen) atoms. The lowest BCUT2D eigenvalue weighted by atomic mass is 10.1. The molecule has 0 aliphatic heterocycles. The summed E-state index contributed by atoms with van der Waals surface area (Å²) in [6.45, 7) is 8.69. The number of benzene rings is 1. The molecular formula is C15H23NO4. The molecule has 1 aromatic carbocycles. The van der Waals surface area contributed by atoms with Gasteiger partial charge in [-0.2, -0.15) is 0 Å². The molecule has 0 saturated heterocycles. The molecule has 0 heterocycles. The van der Waals surface area contributed by atoms with E-state index in [9.17, 15) is 4.79 Å². The smallest absolute Gasteiger partial charge is 0.341 e. The number of rotatable bonds is 6. The van der Waals surface area contributed by atoms with Gasteiger partial charge in [-0.25, -0.2) is 4.79 Å². The van der Waals surface area contributed by atoms with Crippen LogP contribution < -0.4 is 10.5 Å². The molecule has 1 rings (SSSR count). The van der Waals surface area contributed by atoms with Crippen molar-refractivity contribution in [3.8, 4) is 5.75 Å². The first-order chi connectivity index (χ1) is 9.35. The number of carbonyl (C=O) groups excluding carboxylic acids is 1. The summed E-state index contributed by atoms with van der Waals surface area (Å²) < 4.78 is 16.1. The molecule has 0 unspecified atom stereocenters. The fraction of sp³-hybridized carbons (Fsp3) is 0.533. The van der Waals surface area contributed by atoms with Crippen LogP contribution in [0, 0.1) is 0 Å². The van der Waals surface area contributed by atoms with E-state index in [-0.39, 0.29) is 5.60 Å². The minimum Gasteiger partial charge on any atom is -0.488 e. The number of carbonyl (C=O) groups is 1. The first-order valence-electron chi connectivity index (χ1n) is 6.67. The standard InChI is InChI=1S/C15H23NO4/c1-5-18-14(17)11-7-6-8-12(16)13(11)19-9-10-20-15(2,3)4/h6-8H,5,9-10,16H2,1-4H3. The van der Waals surface area contributed by atoms with Crippen LogP contribution in [0.4, 0.5) is 5.69 Å². The largest absolute Gasteiger partial charge is 0.488 e. The monoisotopic (exact) mass is 281 g/mol. The van der Waals surface area contributed by atoms with Crippen molar-refractivity contribution in [2.45, 2.75) is 33.3 Å². The Hall–Kier alpha value is -1.75. The molecule has 5 nitrogen and oxygen atoms in total. The lowest BCUT2D eigenvalue weighted by Crippen LogP contribution is -2.23. The van der Waals surface area contributed by atoms with Gasteiger partial charge < -0.3 is 19.9 Å². The van der Waals surface area contributed by atoms with E-state index in [2.05, 4.69) is 0 Å². The second-order valence-corrected chi connectivity index (χ2v) is 5.25. The van der Waals surface area contributed by atoms with Crippen LogP contribution in [0.3, 0.4) is 0 Å². The first-order valence-corrected chi connectivity index (χ1v) is 6.67. The van der Waals surface area contributed by atoms with Gasteiger partial charge in [0.25, 0.3) is 0 Å². The van der Waals surface area contributed by atoms with E-state index in [0.717, 1.165) is 0 Å². The maximum absolute atomic E-state index is 11.8.